The minimum Gasteiger partial charge on any atom is -0.479 e. The van der Waals surface area contributed by atoms with E-state index in [0.29, 0.717) is 12.1 Å². The van der Waals surface area contributed by atoms with Crippen LogP contribution in [0.3, 0.4) is 0 Å². The second kappa shape index (κ2) is 7.09. The highest BCUT2D eigenvalue weighted by molar-refractivity contribution is 5.83. The molecule has 0 aliphatic rings. The van der Waals surface area contributed by atoms with E-state index in [2.05, 4.69) is 10.6 Å². The smallest absolute Gasteiger partial charge is 0.330 e. The SMILES string of the molecule is O=C(NCc1ccccc1)N[C@H](C(=O)O)c1ccccc1. The Labute approximate surface area is 122 Å². The van der Waals surface area contributed by atoms with Gasteiger partial charge in [-0.05, 0) is 11.1 Å². The molecule has 5 nitrogen and oxygen atoms in total. The molecule has 2 aromatic rings. The molecule has 0 spiro atoms. The third-order valence-electron chi connectivity index (χ3n) is 2.95. The second-order valence-electron chi connectivity index (χ2n) is 4.49. The van der Waals surface area contributed by atoms with Crippen LogP contribution in [-0.2, 0) is 11.3 Å². The van der Waals surface area contributed by atoms with Crippen LogP contribution in [0.2, 0.25) is 0 Å². The van der Waals surface area contributed by atoms with Crippen molar-refractivity contribution in [1.29, 1.82) is 0 Å². The van der Waals surface area contributed by atoms with Crippen molar-refractivity contribution in [2.24, 2.45) is 0 Å². The van der Waals surface area contributed by atoms with Crippen molar-refractivity contribution in [1.82, 2.24) is 10.6 Å². The van der Waals surface area contributed by atoms with Crippen LogP contribution in [0, 0.1) is 0 Å². The molecule has 0 aliphatic carbocycles. The lowest BCUT2D eigenvalue weighted by molar-refractivity contribution is -0.139. The van der Waals surface area contributed by atoms with E-state index in [4.69, 9.17) is 0 Å². The molecule has 1 atom stereocenters. The molecular formula is C16H16N2O3. The van der Waals surface area contributed by atoms with Crippen LogP contribution in [0.25, 0.3) is 0 Å². The van der Waals surface area contributed by atoms with Gasteiger partial charge in [-0.15, -0.1) is 0 Å². The molecule has 2 aromatic carbocycles. The van der Waals surface area contributed by atoms with E-state index in [1.165, 1.54) is 0 Å². The molecule has 0 fully saturated rings. The summed E-state index contributed by atoms with van der Waals surface area (Å²) < 4.78 is 0. The Morgan fingerprint density at radius 3 is 2.10 bits per heavy atom. The zero-order chi connectivity index (χ0) is 15.1. The normalized spacial score (nSPS) is 11.4. The number of carboxylic acid groups (broad SMARTS) is 1. The topological polar surface area (TPSA) is 78.4 Å². The minimum atomic E-state index is -1.10. The van der Waals surface area contributed by atoms with Gasteiger partial charge in [-0.3, -0.25) is 0 Å². The Morgan fingerprint density at radius 2 is 1.52 bits per heavy atom. The van der Waals surface area contributed by atoms with E-state index in [-0.39, 0.29) is 0 Å². The number of benzene rings is 2. The Morgan fingerprint density at radius 1 is 0.952 bits per heavy atom. The highest BCUT2D eigenvalue weighted by atomic mass is 16.4. The molecule has 5 heteroatoms. The lowest BCUT2D eigenvalue weighted by atomic mass is 10.1. The van der Waals surface area contributed by atoms with Gasteiger partial charge in [-0.2, -0.15) is 0 Å². The first kappa shape index (κ1) is 14.6. The number of hydrogen-bond donors (Lipinski definition) is 3. The maximum atomic E-state index is 11.8. The molecule has 2 amide bonds. The van der Waals surface area contributed by atoms with Crippen LogP contribution in [0.5, 0.6) is 0 Å². The van der Waals surface area contributed by atoms with Crippen LogP contribution in [0.4, 0.5) is 4.79 Å². The van der Waals surface area contributed by atoms with Crippen LogP contribution in [0.1, 0.15) is 17.2 Å². The number of rotatable bonds is 5. The van der Waals surface area contributed by atoms with Crippen molar-refractivity contribution in [3.05, 3.63) is 71.8 Å². The van der Waals surface area contributed by atoms with Crippen molar-refractivity contribution < 1.29 is 14.7 Å². The fourth-order valence-corrected chi connectivity index (χ4v) is 1.89. The standard InChI is InChI=1S/C16H16N2O3/c19-15(20)14(13-9-5-2-6-10-13)18-16(21)17-11-12-7-3-1-4-8-12/h1-10,14H,11H2,(H,19,20)(H2,17,18,21)/t14-/m0/s1. The summed E-state index contributed by atoms with van der Waals surface area (Å²) in [5.41, 5.74) is 1.47. The molecule has 0 saturated heterocycles. The predicted molar refractivity (Wildman–Crippen MR) is 78.6 cm³/mol. The van der Waals surface area contributed by atoms with E-state index in [1.807, 2.05) is 30.3 Å². The molecule has 0 heterocycles. The number of nitrogens with one attached hydrogen (secondary N) is 2. The Kier molecular flexibility index (Phi) is 4.93. The minimum absolute atomic E-state index is 0.341. The number of amides is 2. The van der Waals surface area contributed by atoms with E-state index in [1.54, 1.807) is 30.3 Å². The number of carbonyl (C=O) groups is 2. The van der Waals surface area contributed by atoms with Crippen LogP contribution in [0.15, 0.2) is 60.7 Å². The molecule has 0 aliphatic heterocycles. The van der Waals surface area contributed by atoms with Gasteiger partial charge in [0.1, 0.15) is 0 Å². The Hall–Kier alpha value is -2.82. The molecule has 0 unspecified atom stereocenters. The molecule has 21 heavy (non-hydrogen) atoms. The molecule has 0 saturated carbocycles. The van der Waals surface area contributed by atoms with Crippen molar-refractivity contribution in [2.75, 3.05) is 0 Å². The van der Waals surface area contributed by atoms with Crippen molar-refractivity contribution >= 4 is 12.0 Å². The van der Waals surface area contributed by atoms with E-state index >= 15 is 0 Å². The first-order valence-electron chi connectivity index (χ1n) is 6.53. The monoisotopic (exact) mass is 284 g/mol. The molecule has 0 radical (unpaired) electrons. The van der Waals surface area contributed by atoms with Crippen molar-refractivity contribution in [3.63, 3.8) is 0 Å². The number of hydrogen-bond acceptors (Lipinski definition) is 2. The third kappa shape index (κ3) is 4.35. The summed E-state index contributed by atoms with van der Waals surface area (Å²) in [5.74, 6) is -1.10. The van der Waals surface area contributed by atoms with Gasteiger partial charge in [0.05, 0.1) is 0 Å². The van der Waals surface area contributed by atoms with Gasteiger partial charge in [0.2, 0.25) is 0 Å². The lowest BCUT2D eigenvalue weighted by Gasteiger charge is -2.15. The average Bonchev–Trinajstić information content (AvgIpc) is 2.52. The highest BCUT2D eigenvalue weighted by Gasteiger charge is 2.21. The third-order valence-corrected chi connectivity index (χ3v) is 2.95. The summed E-state index contributed by atoms with van der Waals surface area (Å²) in [6.45, 7) is 0.341. The largest absolute Gasteiger partial charge is 0.479 e. The van der Waals surface area contributed by atoms with E-state index < -0.39 is 18.0 Å². The summed E-state index contributed by atoms with van der Waals surface area (Å²) in [5, 5.41) is 14.3. The highest BCUT2D eigenvalue weighted by Crippen LogP contribution is 2.12. The van der Waals surface area contributed by atoms with Crippen molar-refractivity contribution in [2.45, 2.75) is 12.6 Å². The van der Waals surface area contributed by atoms with E-state index in [0.717, 1.165) is 5.56 Å². The number of urea groups is 1. The number of aliphatic carboxylic acids is 1. The molecule has 108 valence electrons. The molecule has 0 aromatic heterocycles. The second-order valence-corrected chi connectivity index (χ2v) is 4.49. The zero-order valence-corrected chi connectivity index (χ0v) is 11.3. The summed E-state index contributed by atoms with van der Waals surface area (Å²) >= 11 is 0. The maximum Gasteiger partial charge on any atom is 0.330 e. The quantitative estimate of drug-likeness (QED) is 0.788. The summed E-state index contributed by atoms with van der Waals surface area (Å²) in [7, 11) is 0. The van der Waals surface area contributed by atoms with Crippen molar-refractivity contribution in [3.8, 4) is 0 Å². The Balaban J connectivity index is 1.95. The molecule has 2 rings (SSSR count). The molecule has 0 bridgehead atoms. The maximum absolute atomic E-state index is 11.8. The van der Waals surface area contributed by atoms with Gasteiger partial charge >= 0.3 is 12.0 Å². The first-order chi connectivity index (χ1) is 10.2. The van der Waals surface area contributed by atoms with Gasteiger partial charge in [-0.25, -0.2) is 9.59 Å². The number of carboxylic acids is 1. The summed E-state index contributed by atoms with van der Waals surface area (Å²) in [6.07, 6.45) is 0. The predicted octanol–water partition coefficient (Wildman–Crippen LogP) is 2.31. The van der Waals surface area contributed by atoms with Crippen LogP contribution < -0.4 is 10.6 Å². The van der Waals surface area contributed by atoms with Gasteiger partial charge in [0.25, 0.3) is 0 Å². The first-order valence-corrected chi connectivity index (χ1v) is 6.53. The summed E-state index contributed by atoms with van der Waals surface area (Å²) in [6, 6.07) is 16.4. The fraction of sp³-hybridized carbons (Fsp3) is 0.125. The molecule has 3 N–H and O–H groups in total. The van der Waals surface area contributed by atoms with E-state index in [9.17, 15) is 14.7 Å². The number of carbonyl (C=O) groups excluding carboxylic acids is 1. The Bertz CT molecular complexity index is 599. The van der Waals surface area contributed by atoms with Gasteiger partial charge < -0.3 is 15.7 Å². The molecular weight excluding hydrogens is 268 g/mol. The van der Waals surface area contributed by atoms with Crippen LogP contribution in [-0.4, -0.2) is 17.1 Å². The lowest BCUT2D eigenvalue weighted by Crippen LogP contribution is -2.40. The summed E-state index contributed by atoms with van der Waals surface area (Å²) in [4.78, 5) is 23.1. The zero-order valence-electron chi connectivity index (χ0n) is 11.3. The van der Waals surface area contributed by atoms with Gasteiger partial charge in [0, 0.05) is 6.54 Å². The average molecular weight is 284 g/mol. The van der Waals surface area contributed by atoms with Gasteiger partial charge in [0.15, 0.2) is 6.04 Å². The fourth-order valence-electron chi connectivity index (χ4n) is 1.89. The van der Waals surface area contributed by atoms with Gasteiger partial charge in [-0.1, -0.05) is 60.7 Å². The van der Waals surface area contributed by atoms with Crippen LogP contribution >= 0.6 is 0 Å².